The average Bonchev–Trinajstić information content (AvgIpc) is 0.811. The van der Waals surface area contributed by atoms with Crippen molar-refractivity contribution in [1.82, 2.24) is 0 Å². The molecule has 0 heterocycles. The van der Waals surface area contributed by atoms with E-state index in [1.807, 2.05) is 13.1 Å². The van der Waals surface area contributed by atoms with Gasteiger partial charge >= 0.3 is 0 Å². The highest BCUT2D eigenvalue weighted by Crippen LogP contribution is 1.79. The molecule has 0 aromatic rings. The van der Waals surface area contributed by atoms with Gasteiger partial charge in [-0.3, -0.25) is 0 Å². The zero-order valence-electron chi connectivity index (χ0n) is 2.88. The molecule has 0 atom stereocenters. The molecule has 0 aliphatic carbocycles. The summed E-state index contributed by atoms with van der Waals surface area (Å²) >= 11 is 5.38. The van der Waals surface area contributed by atoms with Crippen LogP contribution in [-0.2, 0) is 0 Å². The van der Waals surface area contributed by atoms with E-state index >= 15 is 0 Å². The molecule has 1 radical (unpaired) electrons. The molecular formula is C2H6ClSi. The first-order chi connectivity index (χ1) is 1.73. The van der Waals surface area contributed by atoms with E-state index in [9.17, 15) is 0 Å². The quantitative estimate of drug-likeness (QED) is 0.314. The molecule has 0 spiro atoms. The number of hydrogen-bond acceptors (Lipinski definition) is 0. The van der Waals surface area contributed by atoms with Gasteiger partial charge in [-0.05, 0) is 0 Å². The van der Waals surface area contributed by atoms with Crippen LogP contribution in [-0.4, -0.2) is 8.11 Å². The van der Waals surface area contributed by atoms with Gasteiger partial charge in [-0.2, -0.15) is 11.1 Å². The second-order valence-electron chi connectivity index (χ2n) is 0.878. The third-order valence-corrected chi connectivity index (χ3v) is 0. The maximum Gasteiger partial charge on any atom is 0.158 e. The van der Waals surface area contributed by atoms with Gasteiger partial charge in [0.05, 0.1) is 0 Å². The Morgan fingerprint density at radius 3 is 1.50 bits per heavy atom. The van der Waals surface area contributed by atoms with Crippen LogP contribution in [0.25, 0.3) is 0 Å². The summed E-state index contributed by atoms with van der Waals surface area (Å²) in [6, 6.07) is 0. The lowest BCUT2D eigenvalue weighted by molar-refractivity contribution is 2.10. The van der Waals surface area contributed by atoms with Gasteiger partial charge in [-0.1, -0.05) is 13.1 Å². The third kappa shape index (κ3) is 22.2. The lowest BCUT2D eigenvalue weighted by Crippen LogP contribution is -1.78. The minimum atomic E-state index is -0.407. The molecule has 0 bridgehead atoms. The van der Waals surface area contributed by atoms with Crippen LogP contribution >= 0.6 is 11.1 Å². The predicted molar refractivity (Wildman–Crippen MR) is 23.3 cm³/mol. The molecule has 0 rings (SSSR count). The summed E-state index contributed by atoms with van der Waals surface area (Å²) < 4.78 is 0. The van der Waals surface area contributed by atoms with Crippen molar-refractivity contribution in [3.8, 4) is 0 Å². The summed E-state index contributed by atoms with van der Waals surface area (Å²) in [6.07, 6.45) is 0. The van der Waals surface area contributed by atoms with Crippen LogP contribution in [0.1, 0.15) is 0 Å². The summed E-state index contributed by atoms with van der Waals surface area (Å²) in [6.45, 7) is 4.07. The summed E-state index contributed by atoms with van der Waals surface area (Å²) in [4.78, 5) is 0. The van der Waals surface area contributed by atoms with E-state index in [4.69, 9.17) is 11.1 Å². The molecule has 4 heavy (non-hydrogen) atoms. The van der Waals surface area contributed by atoms with Crippen molar-refractivity contribution >= 4 is 19.2 Å². The molecule has 0 aromatic heterocycles. The standard InChI is InChI=1S/C2H6ClSi/c1-4(2)3/h1-2H3. The zero-order chi connectivity index (χ0) is 3.58. The molecule has 0 saturated heterocycles. The van der Waals surface area contributed by atoms with Crippen LogP contribution in [0.2, 0.25) is 13.1 Å². The molecule has 0 N–H and O–H groups in total. The van der Waals surface area contributed by atoms with Crippen LogP contribution in [0.5, 0.6) is 0 Å². The van der Waals surface area contributed by atoms with E-state index in [0.717, 1.165) is 0 Å². The molecule has 0 unspecified atom stereocenters. The Bertz CT molecular complexity index is 10.8. The Balaban J connectivity index is 2.32. The van der Waals surface area contributed by atoms with Crippen LogP contribution in [0.15, 0.2) is 0 Å². The van der Waals surface area contributed by atoms with Gasteiger partial charge in [0.25, 0.3) is 0 Å². The zero-order valence-corrected chi connectivity index (χ0v) is 4.63. The summed E-state index contributed by atoms with van der Waals surface area (Å²) in [7, 11) is -0.407. The van der Waals surface area contributed by atoms with Crippen LogP contribution in [0.4, 0.5) is 0 Å². The Labute approximate surface area is 33.1 Å². The molecule has 0 saturated carbocycles. The molecule has 0 amide bonds. The van der Waals surface area contributed by atoms with Crippen molar-refractivity contribution in [2.24, 2.45) is 0 Å². The van der Waals surface area contributed by atoms with Crippen molar-refractivity contribution in [1.29, 1.82) is 0 Å². The fourth-order valence-corrected chi connectivity index (χ4v) is 0. The number of halogens is 1. The largest absolute Gasteiger partial charge is 0.170 e. The first kappa shape index (κ1) is 4.51. The molecule has 0 aliphatic heterocycles. The second-order valence-corrected chi connectivity index (χ2v) is 4.90. The minimum absolute atomic E-state index is 0.407. The minimum Gasteiger partial charge on any atom is -0.170 e. The van der Waals surface area contributed by atoms with E-state index in [2.05, 4.69) is 0 Å². The van der Waals surface area contributed by atoms with E-state index in [-0.39, 0.29) is 0 Å². The molecule has 2 heteroatoms. The van der Waals surface area contributed by atoms with Gasteiger partial charge in [-0.25, -0.2) is 0 Å². The molecule has 25 valence electrons. The Morgan fingerprint density at radius 2 is 1.50 bits per heavy atom. The molecule has 0 fully saturated rings. The third-order valence-electron chi connectivity index (χ3n) is 0. The summed E-state index contributed by atoms with van der Waals surface area (Å²) in [5.41, 5.74) is 0. The smallest absolute Gasteiger partial charge is 0.158 e. The maximum atomic E-state index is 5.38. The molecule has 0 aromatic carbocycles. The van der Waals surface area contributed by atoms with Gasteiger partial charge in [0, 0.05) is 0 Å². The van der Waals surface area contributed by atoms with Crippen LogP contribution in [0, 0.1) is 0 Å². The monoisotopic (exact) mass is 93.0 g/mol. The predicted octanol–water partition coefficient (Wildman–Crippen LogP) is 1.48. The van der Waals surface area contributed by atoms with Crippen molar-refractivity contribution in [3.63, 3.8) is 0 Å². The fraction of sp³-hybridized carbons (Fsp3) is 1.00. The van der Waals surface area contributed by atoms with Crippen molar-refractivity contribution in [3.05, 3.63) is 0 Å². The Morgan fingerprint density at radius 1 is 1.50 bits per heavy atom. The van der Waals surface area contributed by atoms with Gasteiger partial charge in [0.1, 0.15) is 0 Å². The summed E-state index contributed by atoms with van der Waals surface area (Å²) in [5, 5.41) is 0. The highest BCUT2D eigenvalue weighted by molar-refractivity contribution is 7.05. The molecular weight excluding hydrogens is 87.6 g/mol. The second kappa shape index (κ2) is 1.79. The van der Waals surface area contributed by atoms with E-state index < -0.39 is 8.11 Å². The first-order valence-electron chi connectivity index (χ1n) is 1.19. The SMILES string of the molecule is C[Si](C)Cl. The van der Waals surface area contributed by atoms with E-state index in [0.29, 0.717) is 0 Å². The maximum absolute atomic E-state index is 5.38. The van der Waals surface area contributed by atoms with Crippen LogP contribution < -0.4 is 0 Å². The lowest BCUT2D eigenvalue weighted by Gasteiger charge is -1.70. The normalized spacial score (nSPS) is 9.00. The van der Waals surface area contributed by atoms with Crippen molar-refractivity contribution in [2.75, 3.05) is 0 Å². The lowest BCUT2D eigenvalue weighted by atomic mass is 11.9. The van der Waals surface area contributed by atoms with Crippen molar-refractivity contribution < 1.29 is 0 Å². The van der Waals surface area contributed by atoms with Crippen LogP contribution in [0.3, 0.4) is 0 Å². The van der Waals surface area contributed by atoms with Gasteiger partial charge in [-0.15, -0.1) is 0 Å². The molecule has 0 nitrogen and oxygen atoms in total. The van der Waals surface area contributed by atoms with Gasteiger partial charge in [0.2, 0.25) is 0 Å². The van der Waals surface area contributed by atoms with E-state index in [1.54, 1.807) is 0 Å². The average molecular weight is 93.6 g/mol. The molecule has 0 aliphatic rings. The highest BCUT2D eigenvalue weighted by atomic mass is 35.6. The number of rotatable bonds is 0. The fourth-order valence-electron chi connectivity index (χ4n) is 0. The Kier molecular flexibility index (Phi) is 2.02. The highest BCUT2D eigenvalue weighted by Gasteiger charge is 1.77. The van der Waals surface area contributed by atoms with Gasteiger partial charge in [0.15, 0.2) is 8.11 Å². The summed E-state index contributed by atoms with van der Waals surface area (Å²) in [5.74, 6) is 0. The van der Waals surface area contributed by atoms with E-state index in [1.165, 1.54) is 0 Å². The topological polar surface area (TPSA) is 0 Å². The van der Waals surface area contributed by atoms with Gasteiger partial charge < -0.3 is 0 Å². The number of hydrogen-bond donors (Lipinski definition) is 0. The first-order valence-corrected chi connectivity index (χ1v) is 4.70. The Hall–Kier alpha value is 0.507. The van der Waals surface area contributed by atoms with Crippen molar-refractivity contribution in [2.45, 2.75) is 13.1 Å².